The van der Waals surface area contributed by atoms with E-state index in [2.05, 4.69) is 10.2 Å². The summed E-state index contributed by atoms with van der Waals surface area (Å²) in [6.45, 7) is 4.01. The Bertz CT molecular complexity index is 677. The number of nitrogens with zero attached hydrogens (tertiary/aromatic N) is 1. The molecule has 1 saturated carbocycles. The molecule has 1 N–H and O–H groups in total. The maximum Gasteiger partial charge on any atom is 0.251 e. The minimum atomic E-state index is -0.0720. The average Bonchev–Trinajstić information content (AvgIpc) is 2.78. The van der Waals surface area contributed by atoms with Gasteiger partial charge in [-0.05, 0) is 50.9 Å². The number of rotatable bonds is 5. The molecule has 0 radical (unpaired) electrons. The van der Waals surface area contributed by atoms with E-state index in [1.54, 1.807) is 19.2 Å². The number of likely N-dealkylation sites (tertiary alicyclic amines) is 1. The lowest BCUT2D eigenvalue weighted by Crippen LogP contribution is -2.58. The lowest BCUT2D eigenvalue weighted by molar-refractivity contribution is 0.0326. The molecular formula is C22H32N2O4. The predicted octanol–water partition coefficient (Wildman–Crippen LogP) is 3.39. The van der Waals surface area contributed by atoms with Crippen molar-refractivity contribution < 1.29 is 19.0 Å². The second-order valence-corrected chi connectivity index (χ2v) is 8.22. The average molecular weight is 389 g/mol. The van der Waals surface area contributed by atoms with Crippen LogP contribution in [0.15, 0.2) is 12.1 Å². The molecule has 1 aliphatic carbocycles. The molecule has 0 atom stereocenters. The zero-order valence-corrected chi connectivity index (χ0v) is 16.9. The zero-order chi connectivity index (χ0) is 19.4. The van der Waals surface area contributed by atoms with Crippen LogP contribution in [0.5, 0.6) is 17.2 Å². The van der Waals surface area contributed by atoms with Crippen LogP contribution in [0.4, 0.5) is 0 Å². The Balaban J connectivity index is 1.49. The Morgan fingerprint density at radius 1 is 1.07 bits per heavy atom. The maximum absolute atomic E-state index is 13.0. The van der Waals surface area contributed by atoms with E-state index < -0.39 is 0 Å². The van der Waals surface area contributed by atoms with Crippen molar-refractivity contribution in [2.75, 3.05) is 40.0 Å². The number of hydrogen-bond acceptors (Lipinski definition) is 5. The van der Waals surface area contributed by atoms with Gasteiger partial charge in [0, 0.05) is 17.6 Å². The highest BCUT2D eigenvalue weighted by Gasteiger charge is 2.38. The molecule has 1 aromatic rings. The van der Waals surface area contributed by atoms with Gasteiger partial charge < -0.3 is 19.5 Å². The van der Waals surface area contributed by atoms with Crippen LogP contribution in [0.25, 0.3) is 0 Å². The number of hydrogen-bond donors (Lipinski definition) is 1. The first-order valence-electron chi connectivity index (χ1n) is 10.7. The largest absolute Gasteiger partial charge is 0.493 e. The third-order valence-electron chi connectivity index (χ3n) is 6.48. The van der Waals surface area contributed by atoms with E-state index in [4.69, 9.17) is 14.2 Å². The van der Waals surface area contributed by atoms with Gasteiger partial charge >= 0.3 is 0 Å². The predicted molar refractivity (Wildman–Crippen MR) is 108 cm³/mol. The smallest absolute Gasteiger partial charge is 0.251 e. The fourth-order valence-electron chi connectivity index (χ4n) is 4.93. The van der Waals surface area contributed by atoms with Crippen LogP contribution in [0.1, 0.15) is 61.7 Å². The van der Waals surface area contributed by atoms with Crippen LogP contribution in [-0.4, -0.2) is 56.3 Å². The summed E-state index contributed by atoms with van der Waals surface area (Å²) < 4.78 is 16.7. The van der Waals surface area contributed by atoms with Crippen molar-refractivity contribution in [2.45, 2.75) is 56.9 Å². The molecule has 0 bridgehead atoms. The fourth-order valence-corrected chi connectivity index (χ4v) is 4.93. The number of ether oxygens (including phenoxy) is 3. The highest BCUT2D eigenvalue weighted by molar-refractivity contribution is 5.95. The summed E-state index contributed by atoms with van der Waals surface area (Å²) >= 11 is 0. The van der Waals surface area contributed by atoms with E-state index in [-0.39, 0.29) is 11.4 Å². The van der Waals surface area contributed by atoms with E-state index in [1.165, 1.54) is 51.4 Å². The van der Waals surface area contributed by atoms with E-state index >= 15 is 0 Å². The lowest BCUT2D eigenvalue weighted by Gasteiger charge is -2.48. The van der Waals surface area contributed by atoms with Gasteiger partial charge in [0.1, 0.15) is 13.2 Å². The summed E-state index contributed by atoms with van der Waals surface area (Å²) in [6.07, 6.45) is 10.0. The van der Waals surface area contributed by atoms with Crippen molar-refractivity contribution in [1.82, 2.24) is 10.2 Å². The van der Waals surface area contributed by atoms with Gasteiger partial charge in [0.05, 0.1) is 7.11 Å². The number of methoxy groups -OCH3 is 1. The quantitative estimate of drug-likeness (QED) is 0.838. The molecule has 2 aliphatic heterocycles. The minimum absolute atomic E-state index is 0.0720. The second kappa shape index (κ2) is 8.60. The summed E-state index contributed by atoms with van der Waals surface area (Å²) in [4.78, 5) is 15.6. The standard InChI is InChI=1S/C22H32N2O4/c1-26-18-14-17(15-19-20(18)28-13-12-27-19)21(25)23-16-22(8-4-2-5-9-22)24-10-6-3-7-11-24/h14-15H,2-13,16H2,1H3,(H,23,25). The molecule has 4 rings (SSSR count). The molecule has 3 aliphatic rings. The number of fused-ring (bicyclic) bond motifs is 1. The third-order valence-corrected chi connectivity index (χ3v) is 6.48. The normalized spacial score (nSPS) is 21.8. The van der Waals surface area contributed by atoms with Crippen LogP contribution in [0.3, 0.4) is 0 Å². The highest BCUT2D eigenvalue weighted by atomic mass is 16.6. The Hall–Kier alpha value is -1.95. The van der Waals surface area contributed by atoms with Crippen molar-refractivity contribution >= 4 is 5.91 Å². The maximum atomic E-state index is 13.0. The summed E-state index contributed by atoms with van der Waals surface area (Å²) in [5.41, 5.74) is 0.678. The van der Waals surface area contributed by atoms with Crippen LogP contribution in [0.2, 0.25) is 0 Å². The number of benzene rings is 1. The topological polar surface area (TPSA) is 60.0 Å². The molecule has 2 fully saturated rings. The number of nitrogens with one attached hydrogen (secondary N) is 1. The fraction of sp³-hybridized carbons (Fsp3) is 0.682. The molecule has 0 spiro atoms. The summed E-state index contributed by atoms with van der Waals surface area (Å²) in [5.74, 6) is 1.64. The van der Waals surface area contributed by atoms with Crippen molar-refractivity contribution in [3.63, 3.8) is 0 Å². The molecule has 0 unspecified atom stereocenters. The van der Waals surface area contributed by atoms with Gasteiger partial charge in [0.15, 0.2) is 11.5 Å². The lowest BCUT2D eigenvalue weighted by atomic mass is 9.79. The van der Waals surface area contributed by atoms with Gasteiger partial charge in [-0.25, -0.2) is 0 Å². The molecular weight excluding hydrogens is 356 g/mol. The van der Waals surface area contributed by atoms with Gasteiger partial charge in [-0.2, -0.15) is 0 Å². The Morgan fingerprint density at radius 2 is 1.79 bits per heavy atom. The number of piperidine rings is 1. The Kier molecular flexibility index (Phi) is 5.95. The van der Waals surface area contributed by atoms with Gasteiger partial charge in [-0.1, -0.05) is 25.7 Å². The molecule has 1 aromatic carbocycles. The first-order chi connectivity index (χ1) is 13.7. The van der Waals surface area contributed by atoms with Gasteiger partial charge in [-0.3, -0.25) is 9.69 Å². The van der Waals surface area contributed by atoms with Gasteiger partial charge in [0.2, 0.25) is 5.75 Å². The Labute approximate surface area is 167 Å². The number of carbonyl (C=O) groups excluding carboxylic acids is 1. The van der Waals surface area contributed by atoms with E-state index in [0.717, 1.165) is 13.1 Å². The first-order valence-corrected chi connectivity index (χ1v) is 10.7. The second-order valence-electron chi connectivity index (χ2n) is 8.22. The number of amides is 1. The van der Waals surface area contributed by atoms with Crippen LogP contribution < -0.4 is 19.5 Å². The van der Waals surface area contributed by atoms with Crippen LogP contribution in [0, 0.1) is 0 Å². The van der Waals surface area contributed by atoms with Crippen LogP contribution >= 0.6 is 0 Å². The number of carbonyl (C=O) groups is 1. The molecule has 1 saturated heterocycles. The Morgan fingerprint density at radius 3 is 2.54 bits per heavy atom. The summed E-state index contributed by atoms with van der Waals surface area (Å²) in [5, 5.41) is 3.23. The molecule has 2 heterocycles. The molecule has 6 heteroatoms. The zero-order valence-electron chi connectivity index (χ0n) is 16.9. The molecule has 28 heavy (non-hydrogen) atoms. The third kappa shape index (κ3) is 3.93. The highest BCUT2D eigenvalue weighted by Crippen LogP contribution is 2.40. The van der Waals surface area contributed by atoms with Gasteiger partial charge in [-0.15, -0.1) is 0 Å². The monoisotopic (exact) mass is 388 g/mol. The minimum Gasteiger partial charge on any atom is -0.493 e. The summed E-state index contributed by atoms with van der Waals surface area (Å²) in [6, 6.07) is 3.51. The van der Waals surface area contributed by atoms with E-state index in [9.17, 15) is 4.79 Å². The summed E-state index contributed by atoms with van der Waals surface area (Å²) in [7, 11) is 1.59. The van der Waals surface area contributed by atoms with Gasteiger partial charge in [0.25, 0.3) is 5.91 Å². The van der Waals surface area contributed by atoms with Crippen LogP contribution in [-0.2, 0) is 0 Å². The van der Waals surface area contributed by atoms with Crippen molar-refractivity contribution in [2.24, 2.45) is 0 Å². The van der Waals surface area contributed by atoms with Crippen molar-refractivity contribution in [3.05, 3.63) is 17.7 Å². The van der Waals surface area contributed by atoms with Crippen molar-refractivity contribution in [1.29, 1.82) is 0 Å². The van der Waals surface area contributed by atoms with E-state index in [1.807, 2.05) is 0 Å². The molecule has 154 valence electrons. The van der Waals surface area contributed by atoms with E-state index in [0.29, 0.717) is 42.6 Å². The SMILES string of the molecule is COc1cc(C(=O)NCC2(N3CCCCC3)CCCCC2)cc2c1OCCO2. The molecule has 0 aromatic heterocycles. The molecule has 6 nitrogen and oxygen atoms in total. The van der Waals surface area contributed by atoms with Crippen molar-refractivity contribution in [3.8, 4) is 17.2 Å². The molecule has 1 amide bonds. The first kappa shape index (κ1) is 19.4.